The Balaban J connectivity index is 2.97. The number of hydrogen-bond donors (Lipinski definition) is 1. The van der Waals surface area contributed by atoms with Gasteiger partial charge in [0.1, 0.15) is 0 Å². The topological polar surface area (TPSA) is 29.3 Å². The first-order valence-corrected chi connectivity index (χ1v) is 5.35. The van der Waals surface area contributed by atoms with Crippen LogP contribution >= 0.6 is 22.6 Å². The standard InChI is InChI=1S/C10H15IN2/c1-13(2)10(7-12)8-5-3-4-6-9(8)11/h3-6,10H,7,12H2,1-2H3. The fourth-order valence-electron chi connectivity index (χ4n) is 1.36. The minimum Gasteiger partial charge on any atom is -0.329 e. The number of hydrogen-bond acceptors (Lipinski definition) is 2. The molecule has 3 heteroatoms. The molecule has 0 fully saturated rings. The average Bonchev–Trinajstić information content (AvgIpc) is 2.09. The number of nitrogens with zero attached hydrogens (tertiary/aromatic N) is 1. The first kappa shape index (κ1) is 10.9. The normalized spacial score (nSPS) is 13.3. The van der Waals surface area contributed by atoms with Crippen molar-refractivity contribution in [2.24, 2.45) is 5.73 Å². The highest BCUT2D eigenvalue weighted by Gasteiger charge is 2.13. The number of likely N-dealkylation sites (N-methyl/N-ethyl adjacent to an activating group) is 1. The summed E-state index contributed by atoms with van der Waals surface area (Å²) in [5.74, 6) is 0. The van der Waals surface area contributed by atoms with Crippen LogP contribution in [-0.4, -0.2) is 25.5 Å². The second kappa shape index (κ2) is 4.93. The van der Waals surface area contributed by atoms with Crippen molar-refractivity contribution in [1.82, 2.24) is 4.90 Å². The van der Waals surface area contributed by atoms with Crippen LogP contribution in [0.4, 0.5) is 0 Å². The third kappa shape index (κ3) is 2.65. The summed E-state index contributed by atoms with van der Waals surface area (Å²) in [4.78, 5) is 2.15. The number of benzene rings is 1. The maximum atomic E-state index is 5.73. The maximum Gasteiger partial charge on any atom is 0.0475 e. The zero-order chi connectivity index (χ0) is 9.84. The van der Waals surface area contributed by atoms with Crippen LogP contribution in [-0.2, 0) is 0 Å². The summed E-state index contributed by atoms with van der Waals surface area (Å²) in [5.41, 5.74) is 7.04. The lowest BCUT2D eigenvalue weighted by Crippen LogP contribution is -2.27. The van der Waals surface area contributed by atoms with Crippen LogP contribution in [0.1, 0.15) is 11.6 Å². The Kier molecular flexibility index (Phi) is 4.15. The van der Waals surface area contributed by atoms with Crippen LogP contribution in [0.3, 0.4) is 0 Å². The highest BCUT2D eigenvalue weighted by molar-refractivity contribution is 14.1. The number of nitrogens with two attached hydrogens (primary N) is 1. The van der Waals surface area contributed by atoms with E-state index in [9.17, 15) is 0 Å². The fourth-order valence-corrected chi connectivity index (χ4v) is 2.11. The van der Waals surface area contributed by atoms with E-state index in [1.807, 2.05) is 0 Å². The molecular weight excluding hydrogens is 275 g/mol. The summed E-state index contributed by atoms with van der Waals surface area (Å²) >= 11 is 2.35. The highest BCUT2D eigenvalue weighted by atomic mass is 127. The minimum atomic E-state index is 0.327. The first-order valence-electron chi connectivity index (χ1n) is 4.27. The van der Waals surface area contributed by atoms with Crippen molar-refractivity contribution < 1.29 is 0 Å². The molecule has 0 bridgehead atoms. The Morgan fingerprint density at radius 2 is 2.00 bits per heavy atom. The van der Waals surface area contributed by atoms with Gasteiger partial charge in [-0.1, -0.05) is 18.2 Å². The van der Waals surface area contributed by atoms with Gasteiger partial charge in [0.2, 0.25) is 0 Å². The van der Waals surface area contributed by atoms with Gasteiger partial charge in [-0.15, -0.1) is 0 Å². The van der Waals surface area contributed by atoms with Crippen molar-refractivity contribution in [3.05, 3.63) is 33.4 Å². The second-order valence-electron chi connectivity index (χ2n) is 3.24. The molecule has 0 aliphatic rings. The molecule has 1 atom stereocenters. The molecule has 0 spiro atoms. The predicted molar refractivity (Wildman–Crippen MR) is 64.6 cm³/mol. The summed E-state index contributed by atoms with van der Waals surface area (Å²) in [7, 11) is 4.11. The van der Waals surface area contributed by atoms with Crippen LogP contribution in [0.25, 0.3) is 0 Å². The van der Waals surface area contributed by atoms with Gasteiger partial charge in [0.05, 0.1) is 0 Å². The molecule has 0 heterocycles. The first-order chi connectivity index (χ1) is 6.16. The number of halogens is 1. The Morgan fingerprint density at radius 3 is 2.46 bits per heavy atom. The lowest BCUT2D eigenvalue weighted by Gasteiger charge is -2.23. The van der Waals surface area contributed by atoms with Gasteiger partial charge in [0.25, 0.3) is 0 Å². The molecule has 0 aliphatic carbocycles. The minimum absolute atomic E-state index is 0.327. The van der Waals surface area contributed by atoms with Crippen LogP contribution in [0, 0.1) is 3.57 Å². The summed E-state index contributed by atoms with van der Waals surface area (Å²) in [6.45, 7) is 0.660. The predicted octanol–water partition coefficient (Wildman–Crippen LogP) is 1.85. The van der Waals surface area contributed by atoms with Gasteiger partial charge in [-0.25, -0.2) is 0 Å². The van der Waals surface area contributed by atoms with E-state index in [1.54, 1.807) is 0 Å². The Bertz CT molecular complexity index is 273. The van der Waals surface area contributed by atoms with Gasteiger partial charge in [-0.2, -0.15) is 0 Å². The zero-order valence-corrected chi connectivity index (χ0v) is 10.2. The van der Waals surface area contributed by atoms with E-state index in [2.05, 4.69) is 65.9 Å². The van der Waals surface area contributed by atoms with Crippen molar-refractivity contribution in [3.8, 4) is 0 Å². The zero-order valence-electron chi connectivity index (χ0n) is 8.00. The summed E-state index contributed by atoms with van der Waals surface area (Å²) in [5, 5.41) is 0. The molecule has 2 N–H and O–H groups in total. The maximum absolute atomic E-state index is 5.73. The average molecular weight is 290 g/mol. The molecular formula is C10H15IN2. The fraction of sp³-hybridized carbons (Fsp3) is 0.400. The Hall–Kier alpha value is -0.130. The second-order valence-corrected chi connectivity index (χ2v) is 4.40. The van der Waals surface area contributed by atoms with Crippen molar-refractivity contribution in [2.75, 3.05) is 20.6 Å². The van der Waals surface area contributed by atoms with E-state index in [-0.39, 0.29) is 0 Å². The van der Waals surface area contributed by atoms with Crippen molar-refractivity contribution in [2.45, 2.75) is 6.04 Å². The molecule has 13 heavy (non-hydrogen) atoms. The molecule has 72 valence electrons. The molecule has 0 radical (unpaired) electrons. The Morgan fingerprint density at radius 1 is 1.38 bits per heavy atom. The van der Waals surface area contributed by atoms with E-state index in [0.717, 1.165) is 0 Å². The molecule has 1 aromatic rings. The van der Waals surface area contributed by atoms with Gasteiger partial charge in [-0.05, 0) is 48.3 Å². The Labute approximate surface area is 93.3 Å². The van der Waals surface area contributed by atoms with Crippen LogP contribution in [0.5, 0.6) is 0 Å². The van der Waals surface area contributed by atoms with E-state index < -0.39 is 0 Å². The number of rotatable bonds is 3. The van der Waals surface area contributed by atoms with E-state index in [1.165, 1.54) is 9.13 Å². The van der Waals surface area contributed by atoms with E-state index >= 15 is 0 Å². The van der Waals surface area contributed by atoms with Gasteiger partial charge < -0.3 is 10.6 Å². The van der Waals surface area contributed by atoms with Gasteiger partial charge in [0, 0.05) is 16.2 Å². The molecule has 1 unspecified atom stereocenters. The third-order valence-electron chi connectivity index (χ3n) is 2.11. The quantitative estimate of drug-likeness (QED) is 0.861. The van der Waals surface area contributed by atoms with Gasteiger partial charge >= 0.3 is 0 Å². The third-order valence-corrected chi connectivity index (χ3v) is 3.09. The molecule has 0 amide bonds. The molecule has 0 aliphatic heterocycles. The highest BCUT2D eigenvalue weighted by Crippen LogP contribution is 2.22. The molecule has 1 rings (SSSR count). The molecule has 1 aromatic carbocycles. The summed E-state index contributed by atoms with van der Waals surface area (Å²) in [6.07, 6.45) is 0. The largest absolute Gasteiger partial charge is 0.329 e. The van der Waals surface area contributed by atoms with Crippen LogP contribution < -0.4 is 5.73 Å². The monoisotopic (exact) mass is 290 g/mol. The lowest BCUT2D eigenvalue weighted by molar-refractivity contribution is 0.305. The smallest absolute Gasteiger partial charge is 0.0475 e. The van der Waals surface area contributed by atoms with Crippen molar-refractivity contribution in [3.63, 3.8) is 0 Å². The summed E-state index contributed by atoms with van der Waals surface area (Å²) in [6, 6.07) is 8.69. The van der Waals surface area contributed by atoms with E-state index in [4.69, 9.17) is 5.73 Å². The van der Waals surface area contributed by atoms with Crippen molar-refractivity contribution in [1.29, 1.82) is 0 Å². The summed E-state index contributed by atoms with van der Waals surface area (Å²) < 4.78 is 1.28. The lowest BCUT2D eigenvalue weighted by atomic mass is 10.1. The van der Waals surface area contributed by atoms with Crippen LogP contribution in [0.15, 0.2) is 24.3 Å². The molecule has 0 saturated heterocycles. The van der Waals surface area contributed by atoms with Crippen LogP contribution in [0.2, 0.25) is 0 Å². The van der Waals surface area contributed by atoms with E-state index in [0.29, 0.717) is 12.6 Å². The van der Waals surface area contributed by atoms with Gasteiger partial charge in [-0.3, -0.25) is 0 Å². The molecule has 2 nitrogen and oxygen atoms in total. The SMILES string of the molecule is CN(C)C(CN)c1ccccc1I. The molecule has 0 aromatic heterocycles. The van der Waals surface area contributed by atoms with Crippen molar-refractivity contribution >= 4 is 22.6 Å². The molecule has 0 saturated carbocycles. The van der Waals surface area contributed by atoms with Gasteiger partial charge in [0.15, 0.2) is 0 Å².